The lowest BCUT2D eigenvalue weighted by atomic mass is 9.97. The number of hydrogen-bond donors (Lipinski definition) is 2. The van der Waals surface area contributed by atoms with E-state index in [1.165, 1.54) is 57.8 Å². The minimum Gasteiger partial charge on any atom is -0.476 e. The van der Waals surface area contributed by atoms with Crippen LogP contribution in [0.1, 0.15) is 57.8 Å². The third kappa shape index (κ3) is 4.51. The van der Waals surface area contributed by atoms with Gasteiger partial charge in [0.1, 0.15) is 5.82 Å². The molecule has 2 aliphatic rings. The summed E-state index contributed by atoms with van der Waals surface area (Å²) in [4.78, 5) is 4.56. The molecule has 0 aromatic carbocycles. The molecule has 1 aromatic heterocycles. The van der Waals surface area contributed by atoms with Gasteiger partial charge >= 0.3 is 0 Å². The maximum absolute atomic E-state index is 5.96. The van der Waals surface area contributed by atoms with Gasteiger partial charge in [0.25, 0.3) is 0 Å². The average Bonchev–Trinajstić information content (AvgIpc) is 3.26. The van der Waals surface area contributed by atoms with Gasteiger partial charge in [-0.1, -0.05) is 32.1 Å². The molecule has 2 fully saturated rings. The molecular weight excluding hydrogens is 262 g/mol. The van der Waals surface area contributed by atoms with Crippen LogP contribution in [0.3, 0.4) is 0 Å². The van der Waals surface area contributed by atoms with Crippen molar-refractivity contribution in [2.75, 3.05) is 17.7 Å². The number of nitrogens with zero attached hydrogens (tertiary/aromatic N) is 1. The predicted octanol–water partition coefficient (Wildman–Crippen LogP) is 3.98. The van der Waals surface area contributed by atoms with Crippen LogP contribution in [0.5, 0.6) is 5.88 Å². The van der Waals surface area contributed by atoms with Crippen LogP contribution in [0.2, 0.25) is 0 Å². The molecule has 116 valence electrons. The van der Waals surface area contributed by atoms with Crippen LogP contribution in [0.25, 0.3) is 0 Å². The van der Waals surface area contributed by atoms with E-state index in [-0.39, 0.29) is 0 Å². The highest BCUT2D eigenvalue weighted by atomic mass is 16.5. The second kappa shape index (κ2) is 7.01. The first-order valence-corrected chi connectivity index (χ1v) is 8.47. The van der Waals surface area contributed by atoms with Gasteiger partial charge in [0.2, 0.25) is 5.88 Å². The largest absolute Gasteiger partial charge is 0.476 e. The second-order valence-electron chi connectivity index (χ2n) is 6.53. The third-order valence-corrected chi connectivity index (χ3v) is 4.50. The van der Waals surface area contributed by atoms with Gasteiger partial charge in [-0.3, -0.25) is 0 Å². The molecule has 1 heterocycles. The van der Waals surface area contributed by atoms with Crippen LogP contribution >= 0.6 is 0 Å². The van der Waals surface area contributed by atoms with Gasteiger partial charge in [0, 0.05) is 6.04 Å². The van der Waals surface area contributed by atoms with Crippen LogP contribution in [-0.2, 0) is 0 Å². The molecule has 0 unspecified atom stereocenters. The highest BCUT2D eigenvalue weighted by molar-refractivity contribution is 5.53. The maximum Gasteiger partial charge on any atom is 0.239 e. The SMILES string of the molecule is Nc1ccc(NC2CCCCCCC2)nc1OCC1CC1. The Labute approximate surface area is 127 Å². The van der Waals surface area contributed by atoms with Gasteiger partial charge in [-0.25, -0.2) is 0 Å². The lowest BCUT2D eigenvalue weighted by molar-refractivity contribution is 0.290. The Morgan fingerprint density at radius 1 is 1.05 bits per heavy atom. The van der Waals surface area contributed by atoms with Crippen molar-refractivity contribution in [2.45, 2.75) is 63.8 Å². The van der Waals surface area contributed by atoms with E-state index in [1.807, 2.05) is 12.1 Å². The van der Waals surface area contributed by atoms with E-state index in [4.69, 9.17) is 10.5 Å². The Bertz CT molecular complexity index is 451. The number of aromatic nitrogens is 1. The number of pyridine rings is 1. The van der Waals surface area contributed by atoms with Gasteiger partial charge in [-0.15, -0.1) is 0 Å². The molecule has 4 heteroatoms. The van der Waals surface area contributed by atoms with Crippen LogP contribution in [-0.4, -0.2) is 17.6 Å². The highest BCUT2D eigenvalue weighted by Gasteiger charge is 2.22. The fraction of sp³-hybridized carbons (Fsp3) is 0.706. The number of nitrogens with one attached hydrogen (secondary N) is 1. The Morgan fingerprint density at radius 2 is 1.76 bits per heavy atom. The molecule has 0 spiro atoms. The highest BCUT2D eigenvalue weighted by Crippen LogP contribution is 2.31. The summed E-state index contributed by atoms with van der Waals surface area (Å²) in [5, 5.41) is 3.57. The van der Waals surface area contributed by atoms with Crippen molar-refractivity contribution in [3.63, 3.8) is 0 Å². The molecular formula is C17H27N3O. The normalized spacial score (nSPS) is 20.6. The van der Waals surface area contributed by atoms with Crippen molar-refractivity contribution in [2.24, 2.45) is 5.92 Å². The molecule has 3 N–H and O–H groups in total. The minimum absolute atomic E-state index is 0.540. The van der Waals surface area contributed by atoms with E-state index in [0.29, 0.717) is 23.5 Å². The monoisotopic (exact) mass is 289 g/mol. The fourth-order valence-electron chi connectivity index (χ4n) is 2.94. The molecule has 21 heavy (non-hydrogen) atoms. The van der Waals surface area contributed by atoms with E-state index in [9.17, 15) is 0 Å². The van der Waals surface area contributed by atoms with Crippen LogP contribution < -0.4 is 15.8 Å². The van der Waals surface area contributed by atoms with Crippen molar-refractivity contribution in [3.05, 3.63) is 12.1 Å². The summed E-state index contributed by atoms with van der Waals surface area (Å²) in [5.41, 5.74) is 6.60. The van der Waals surface area contributed by atoms with Crippen molar-refractivity contribution in [3.8, 4) is 5.88 Å². The van der Waals surface area contributed by atoms with Gasteiger partial charge in [0.15, 0.2) is 0 Å². The van der Waals surface area contributed by atoms with Crippen molar-refractivity contribution in [1.29, 1.82) is 0 Å². The molecule has 2 saturated carbocycles. The van der Waals surface area contributed by atoms with Gasteiger partial charge < -0.3 is 15.8 Å². The first-order valence-electron chi connectivity index (χ1n) is 8.47. The van der Waals surface area contributed by atoms with E-state index >= 15 is 0 Å². The standard InChI is InChI=1S/C17H27N3O/c18-15-10-11-16(20-17(15)21-12-13-8-9-13)19-14-6-4-2-1-3-5-7-14/h10-11,13-14H,1-9,12,18H2,(H,19,20). The summed E-state index contributed by atoms with van der Waals surface area (Å²) in [6, 6.07) is 4.41. The molecule has 2 aliphatic carbocycles. The summed E-state index contributed by atoms with van der Waals surface area (Å²) < 4.78 is 5.76. The first-order chi connectivity index (χ1) is 10.3. The number of hydrogen-bond acceptors (Lipinski definition) is 4. The van der Waals surface area contributed by atoms with Crippen molar-refractivity contribution >= 4 is 11.5 Å². The Balaban J connectivity index is 1.59. The lowest BCUT2D eigenvalue weighted by Crippen LogP contribution is -2.21. The Morgan fingerprint density at radius 3 is 2.48 bits per heavy atom. The third-order valence-electron chi connectivity index (χ3n) is 4.50. The molecule has 3 rings (SSSR count). The number of nitrogen functional groups attached to an aromatic ring is 1. The summed E-state index contributed by atoms with van der Waals surface area (Å²) >= 11 is 0. The van der Waals surface area contributed by atoms with Gasteiger partial charge in [0.05, 0.1) is 12.3 Å². The first kappa shape index (κ1) is 14.5. The van der Waals surface area contributed by atoms with Crippen LogP contribution in [0, 0.1) is 5.92 Å². The predicted molar refractivity (Wildman–Crippen MR) is 86.6 cm³/mol. The molecule has 0 amide bonds. The van der Waals surface area contributed by atoms with Gasteiger partial charge in [-0.2, -0.15) is 4.98 Å². The Kier molecular flexibility index (Phi) is 4.84. The maximum atomic E-state index is 5.96. The molecule has 0 atom stereocenters. The Hall–Kier alpha value is -1.45. The number of rotatable bonds is 5. The lowest BCUT2D eigenvalue weighted by Gasteiger charge is -2.22. The second-order valence-corrected chi connectivity index (χ2v) is 6.53. The van der Waals surface area contributed by atoms with Crippen molar-refractivity contribution in [1.82, 2.24) is 4.98 Å². The zero-order valence-electron chi connectivity index (χ0n) is 12.8. The minimum atomic E-state index is 0.540. The molecule has 0 radical (unpaired) electrons. The van der Waals surface area contributed by atoms with E-state index in [1.54, 1.807) is 0 Å². The topological polar surface area (TPSA) is 60.2 Å². The molecule has 4 nitrogen and oxygen atoms in total. The smallest absolute Gasteiger partial charge is 0.239 e. The zero-order valence-corrected chi connectivity index (χ0v) is 12.8. The summed E-state index contributed by atoms with van der Waals surface area (Å²) in [5.74, 6) is 2.21. The molecule has 0 aliphatic heterocycles. The summed E-state index contributed by atoms with van der Waals surface area (Å²) in [6.07, 6.45) is 11.8. The molecule has 1 aromatic rings. The number of anilines is 2. The van der Waals surface area contributed by atoms with E-state index < -0.39 is 0 Å². The van der Waals surface area contributed by atoms with Crippen molar-refractivity contribution < 1.29 is 4.74 Å². The van der Waals surface area contributed by atoms with Gasteiger partial charge in [-0.05, 0) is 43.7 Å². The summed E-state index contributed by atoms with van der Waals surface area (Å²) in [7, 11) is 0. The quantitative estimate of drug-likeness (QED) is 0.861. The number of nitrogens with two attached hydrogens (primary N) is 1. The number of ether oxygens (including phenoxy) is 1. The van der Waals surface area contributed by atoms with E-state index in [2.05, 4.69) is 10.3 Å². The molecule has 0 saturated heterocycles. The van der Waals surface area contributed by atoms with E-state index in [0.717, 1.165) is 12.4 Å². The summed E-state index contributed by atoms with van der Waals surface area (Å²) in [6.45, 7) is 0.754. The zero-order chi connectivity index (χ0) is 14.5. The molecule has 0 bridgehead atoms. The average molecular weight is 289 g/mol. The fourth-order valence-corrected chi connectivity index (χ4v) is 2.94. The van der Waals surface area contributed by atoms with Crippen LogP contribution in [0.4, 0.5) is 11.5 Å². The van der Waals surface area contributed by atoms with Crippen LogP contribution in [0.15, 0.2) is 12.1 Å².